The highest BCUT2D eigenvalue weighted by atomic mass is 35.5. The van der Waals surface area contributed by atoms with Gasteiger partial charge in [0.2, 0.25) is 0 Å². The third-order valence-corrected chi connectivity index (χ3v) is 5.50. The summed E-state index contributed by atoms with van der Waals surface area (Å²) in [5.74, 6) is 0.857. The standard InChI is InChI=1S/C22H26ClNO3/c1-3-24(16-9-5-4-6-10-16)22(26)18-14-17(12-13-20(18)25)27-21-15(2)8-7-11-19(21)23/h7-8,11-14,16,25H,3-6,9-10H2,1-2H3. The Kier molecular flexibility index (Phi) is 6.27. The van der Waals surface area contributed by atoms with E-state index in [0.717, 1.165) is 31.2 Å². The zero-order chi connectivity index (χ0) is 19.4. The van der Waals surface area contributed by atoms with Gasteiger partial charge >= 0.3 is 0 Å². The Labute approximate surface area is 165 Å². The van der Waals surface area contributed by atoms with Crippen molar-refractivity contribution in [2.45, 2.75) is 52.0 Å². The van der Waals surface area contributed by atoms with Gasteiger partial charge in [-0.25, -0.2) is 0 Å². The van der Waals surface area contributed by atoms with E-state index in [2.05, 4.69) is 0 Å². The zero-order valence-electron chi connectivity index (χ0n) is 15.9. The van der Waals surface area contributed by atoms with Gasteiger partial charge in [0, 0.05) is 12.6 Å². The molecular formula is C22H26ClNO3. The maximum absolute atomic E-state index is 13.1. The minimum Gasteiger partial charge on any atom is -0.507 e. The van der Waals surface area contributed by atoms with Crippen LogP contribution in [0.15, 0.2) is 36.4 Å². The Morgan fingerprint density at radius 2 is 1.96 bits per heavy atom. The number of ether oxygens (including phenoxy) is 1. The minimum atomic E-state index is -0.150. The minimum absolute atomic E-state index is 0.0301. The molecule has 0 aliphatic heterocycles. The maximum Gasteiger partial charge on any atom is 0.257 e. The first-order valence-electron chi connectivity index (χ1n) is 9.58. The van der Waals surface area contributed by atoms with Crippen LogP contribution >= 0.6 is 11.6 Å². The van der Waals surface area contributed by atoms with Crippen molar-refractivity contribution in [1.29, 1.82) is 0 Å². The fourth-order valence-corrected chi connectivity index (χ4v) is 3.99. The Morgan fingerprint density at radius 3 is 2.63 bits per heavy atom. The third-order valence-electron chi connectivity index (χ3n) is 5.20. The van der Waals surface area contributed by atoms with Crippen LogP contribution in [0.2, 0.25) is 5.02 Å². The van der Waals surface area contributed by atoms with Crippen molar-refractivity contribution >= 4 is 17.5 Å². The molecule has 0 radical (unpaired) electrons. The van der Waals surface area contributed by atoms with Crippen molar-refractivity contribution in [3.05, 3.63) is 52.5 Å². The molecule has 2 aromatic rings. The van der Waals surface area contributed by atoms with Crippen LogP contribution in [0.4, 0.5) is 0 Å². The van der Waals surface area contributed by atoms with Crippen molar-refractivity contribution in [1.82, 2.24) is 4.90 Å². The number of hydrogen-bond acceptors (Lipinski definition) is 3. The number of benzene rings is 2. The van der Waals surface area contributed by atoms with E-state index in [1.54, 1.807) is 18.2 Å². The first-order chi connectivity index (χ1) is 13.0. The van der Waals surface area contributed by atoms with Gasteiger partial charge in [0.05, 0.1) is 10.6 Å². The summed E-state index contributed by atoms with van der Waals surface area (Å²) in [7, 11) is 0. The molecule has 0 spiro atoms. The lowest BCUT2D eigenvalue weighted by atomic mass is 9.93. The number of rotatable bonds is 5. The topological polar surface area (TPSA) is 49.8 Å². The maximum atomic E-state index is 13.1. The van der Waals surface area contributed by atoms with Crippen molar-refractivity contribution in [3.8, 4) is 17.2 Å². The molecule has 1 aliphatic rings. The molecule has 1 amide bonds. The van der Waals surface area contributed by atoms with Crippen molar-refractivity contribution in [2.24, 2.45) is 0 Å². The molecule has 0 atom stereocenters. The molecule has 0 heterocycles. The number of amides is 1. The van der Waals surface area contributed by atoms with Crippen LogP contribution in [-0.4, -0.2) is 28.5 Å². The lowest BCUT2D eigenvalue weighted by molar-refractivity contribution is 0.0644. The second kappa shape index (κ2) is 8.66. The van der Waals surface area contributed by atoms with Gasteiger partial charge in [0.1, 0.15) is 17.2 Å². The number of carbonyl (C=O) groups excluding carboxylic acids is 1. The molecular weight excluding hydrogens is 362 g/mol. The molecule has 0 bridgehead atoms. The molecule has 0 aromatic heterocycles. The van der Waals surface area contributed by atoms with Crippen molar-refractivity contribution in [2.75, 3.05) is 6.54 Å². The summed E-state index contributed by atoms with van der Waals surface area (Å²) in [4.78, 5) is 15.0. The fourth-order valence-electron chi connectivity index (χ4n) is 3.73. The predicted molar refractivity (Wildman–Crippen MR) is 108 cm³/mol. The number of para-hydroxylation sites is 1. The normalized spacial score (nSPS) is 14.8. The van der Waals surface area contributed by atoms with Gasteiger partial charge in [0.25, 0.3) is 5.91 Å². The van der Waals surface area contributed by atoms with E-state index >= 15 is 0 Å². The van der Waals surface area contributed by atoms with Crippen LogP contribution in [-0.2, 0) is 0 Å². The Hall–Kier alpha value is -2.20. The van der Waals surface area contributed by atoms with Crippen LogP contribution < -0.4 is 4.74 Å². The highest BCUT2D eigenvalue weighted by molar-refractivity contribution is 6.32. The number of hydrogen-bond donors (Lipinski definition) is 1. The highest BCUT2D eigenvalue weighted by Crippen LogP contribution is 2.35. The molecule has 0 unspecified atom stereocenters. The largest absolute Gasteiger partial charge is 0.507 e. The highest BCUT2D eigenvalue weighted by Gasteiger charge is 2.27. The summed E-state index contributed by atoms with van der Waals surface area (Å²) in [5, 5.41) is 10.8. The van der Waals surface area contributed by atoms with Crippen LogP contribution in [0, 0.1) is 6.92 Å². The van der Waals surface area contributed by atoms with Gasteiger partial charge in [0.15, 0.2) is 0 Å². The quantitative estimate of drug-likeness (QED) is 0.690. The lowest BCUT2D eigenvalue weighted by Crippen LogP contribution is -2.41. The van der Waals surface area contributed by atoms with E-state index in [-0.39, 0.29) is 23.3 Å². The smallest absolute Gasteiger partial charge is 0.257 e. The average Bonchev–Trinajstić information content (AvgIpc) is 2.67. The number of carbonyl (C=O) groups is 1. The van der Waals surface area contributed by atoms with E-state index in [1.165, 1.54) is 12.5 Å². The summed E-state index contributed by atoms with van der Waals surface area (Å²) < 4.78 is 5.93. The number of phenols is 1. The molecule has 5 heteroatoms. The predicted octanol–water partition coefficient (Wildman–Crippen LogP) is 5.94. The van der Waals surface area contributed by atoms with E-state index in [9.17, 15) is 9.90 Å². The Balaban J connectivity index is 1.87. The molecule has 1 saturated carbocycles. The lowest BCUT2D eigenvalue weighted by Gasteiger charge is -2.33. The molecule has 27 heavy (non-hydrogen) atoms. The second-order valence-electron chi connectivity index (χ2n) is 7.05. The van der Waals surface area contributed by atoms with Crippen molar-refractivity contribution in [3.63, 3.8) is 0 Å². The van der Waals surface area contributed by atoms with Crippen LogP contribution in [0.1, 0.15) is 54.9 Å². The third kappa shape index (κ3) is 4.38. The molecule has 2 aromatic carbocycles. The molecule has 0 saturated heterocycles. The van der Waals surface area contributed by atoms with Gasteiger partial charge in [-0.15, -0.1) is 0 Å². The average molecular weight is 388 g/mol. The number of nitrogens with zero attached hydrogens (tertiary/aromatic N) is 1. The van der Waals surface area contributed by atoms with Gasteiger partial charge in [-0.2, -0.15) is 0 Å². The number of phenolic OH excluding ortho intramolecular Hbond substituents is 1. The monoisotopic (exact) mass is 387 g/mol. The SMILES string of the molecule is CCN(C(=O)c1cc(Oc2c(C)cccc2Cl)ccc1O)C1CCCCC1. The summed E-state index contributed by atoms with van der Waals surface area (Å²) >= 11 is 6.24. The fraction of sp³-hybridized carbons (Fsp3) is 0.409. The van der Waals surface area contributed by atoms with Gasteiger partial charge in [-0.05, 0) is 56.5 Å². The first kappa shape index (κ1) is 19.6. The second-order valence-corrected chi connectivity index (χ2v) is 7.46. The van der Waals surface area contributed by atoms with E-state index in [4.69, 9.17) is 16.3 Å². The Bertz CT molecular complexity index is 795. The number of aromatic hydroxyl groups is 1. The van der Waals surface area contributed by atoms with E-state index in [1.807, 2.05) is 30.9 Å². The molecule has 1 fully saturated rings. The summed E-state index contributed by atoms with van der Waals surface area (Å²) in [5.41, 5.74) is 1.17. The molecule has 1 aliphatic carbocycles. The van der Waals surface area contributed by atoms with E-state index < -0.39 is 0 Å². The van der Waals surface area contributed by atoms with Gasteiger partial charge in [-0.1, -0.05) is 43.0 Å². The Morgan fingerprint density at radius 1 is 1.22 bits per heavy atom. The summed E-state index contributed by atoms with van der Waals surface area (Å²) in [6, 6.07) is 10.5. The first-order valence-corrected chi connectivity index (χ1v) is 9.96. The zero-order valence-corrected chi connectivity index (χ0v) is 16.6. The van der Waals surface area contributed by atoms with Crippen LogP contribution in [0.5, 0.6) is 17.2 Å². The van der Waals surface area contributed by atoms with E-state index in [0.29, 0.717) is 23.1 Å². The summed E-state index contributed by atoms with van der Waals surface area (Å²) in [6.07, 6.45) is 5.57. The molecule has 144 valence electrons. The van der Waals surface area contributed by atoms with Crippen molar-refractivity contribution < 1.29 is 14.6 Å². The van der Waals surface area contributed by atoms with Gasteiger partial charge < -0.3 is 14.7 Å². The van der Waals surface area contributed by atoms with Crippen LogP contribution in [0.3, 0.4) is 0 Å². The number of aryl methyl sites for hydroxylation is 1. The molecule has 4 nitrogen and oxygen atoms in total. The van der Waals surface area contributed by atoms with Gasteiger partial charge in [-0.3, -0.25) is 4.79 Å². The van der Waals surface area contributed by atoms with Crippen LogP contribution in [0.25, 0.3) is 0 Å². The number of halogens is 1. The molecule has 3 rings (SSSR count). The molecule has 1 N–H and O–H groups in total. The summed E-state index contributed by atoms with van der Waals surface area (Å²) in [6.45, 7) is 4.52.